The number of hydrogen-bond donors (Lipinski definition) is 0. The first-order chi connectivity index (χ1) is 13.5. The Balaban J connectivity index is 2.26. The second-order valence-corrected chi connectivity index (χ2v) is 6.57. The van der Waals surface area contributed by atoms with Gasteiger partial charge in [0.1, 0.15) is 12.7 Å². The van der Waals surface area contributed by atoms with Crippen LogP contribution in [-0.2, 0) is 14.3 Å². The summed E-state index contributed by atoms with van der Waals surface area (Å²) in [5, 5.41) is 1.28. The molecule has 2 aliphatic rings. The highest BCUT2D eigenvalue weighted by atomic mass is 16.6. The monoisotopic (exact) mass is 387 g/mol. The quantitative estimate of drug-likeness (QED) is 0.635. The second kappa shape index (κ2) is 8.39. The lowest BCUT2D eigenvalue weighted by Gasteiger charge is -2.26. The molecule has 0 fully saturated rings. The average molecular weight is 387 g/mol. The summed E-state index contributed by atoms with van der Waals surface area (Å²) in [5.41, 5.74) is 0.875. The Morgan fingerprint density at radius 2 is 1.86 bits per heavy atom. The van der Waals surface area contributed by atoms with Crippen molar-refractivity contribution in [2.75, 3.05) is 48.6 Å². The number of fused-ring (bicyclic) bond motifs is 2. The first-order valence-electron chi connectivity index (χ1n) is 8.92. The van der Waals surface area contributed by atoms with Gasteiger partial charge in [-0.1, -0.05) is 18.2 Å². The lowest BCUT2D eigenvalue weighted by atomic mass is 9.96. The zero-order valence-corrected chi connectivity index (χ0v) is 16.8. The number of ether oxygens (including phenoxy) is 5. The highest BCUT2D eigenvalue weighted by Gasteiger charge is 2.30. The molecule has 0 saturated carbocycles. The molecular weight excluding hydrogens is 362 g/mol. The number of rotatable bonds is 7. The van der Waals surface area contributed by atoms with Gasteiger partial charge in [0, 0.05) is 22.6 Å². The highest BCUT2D eigenvalue weighted by molar-refractivity contribution is 6.07. The van der Waals surface area contributed by atoms with Crippen molar-refractivity contribution in [3.63, 3.8) is 0 Å². The number of methoxy groups -OCH3 is 3. The maximum Gasteiger partial charge on any atom is 0.374 e. The maximum atomic E-state index is 12.8. The SMILES string of the molecule is COc1cc2c(c(OC)c1OC)=C1C=CC=CC1OC=2C(=O)OCCN(C)C. The molecule has 28 heavy (non-hydrogen) atoms. The average Bonchev–Trinajstić information content (AvgIpc) is 2.70. The summed E-state index contributed by atoms with van der Waals surface area (Å²) in [5.74, 6) is 0.981. The predicted octanol–water partition coefficient (Wildman–Crippen LogP) is 0.601. The lowest BCUT2D eigenvalue weighted by Crippen LogP contribution is -2.42. The van der Waals surface area contributed by atoms with E-state index in [4.69, 9.17) is 23.7 Å². The molecule has 0 N–H and O–H groups in total. The number of hydrogen-bond acceptors (Lipinski definition) is 7. The molecule has 1 atom stereocenters. The number of esters is 1. The van der Waals surface area contributed by atoms with E-state index < -0.39 is 12.1 Å². The second-order valence-electron chi connectivity index (χ2n) is 6.57. The Labute approximate surface area is 164 Å². The summed E-state index contributed by atoms with van der Waals surface area (Å²) < 4.78 is 28.1. The van der Waals surface area contributed by atoms with Gasteiger partial charge >= 0.3 is 5.97 Å². The maximum absolute atomic E-state index is 12.8. The summed E-state index contributed by atoms with van der Waals surface area (Å²) in [6.07, 6.45) is 7.19. The van der Waals surface area contributed by atoms with Crippen molar-refractivity contribution in [1.82, 2.24) is 4.90 Å². The van der Waals surface area contributed by atoms with Gasteiger partial charge in [0.05, 0.1) is 21.3 Å². The first kappa shape index (κ1) is 19.8. The number of carbonyl (C=O) groups is 1. The van der Waals surface area contributed by atoms with Crippen molar-refractivity contribution in [3.8, 4) is 17.2 Å². The molecule has 3 rings (SSSR count). The number of likely N-dealkylation sites (N-methyl/N-ethyl adjacent to an activating group) is 1. The van der Waals surface area contributed by atoms with E-state index >= 15 is 0 Å². The lowest BCUT2D eigenvalue weighted by molar-refractivity contribution is -0.139. The smallest absolute Gasteiger partial charge is 0.374 e. The Morgan fingerprint density at radius 3 is 2.50 bits per heavy atom. The van der Waals surface area contributed by atoms with E-state index in [-0.39, 0.29) is 12.4 Å². The van der Waals surface area contributed by atoms with Gasteiger partial charge in [-0.2, -0.15) is 0 Å². The summed E-state index contributed by atoms with van der Waals surface area (Å²) in [4.78, 5) is 14.7. The number of carbonyl (C=O) groups excluding carboxylic acids is 1. The zero-order valence-electron chi connectivity index (χ0n) is 16.8. The topological polar surface area (TPSA) is 66.5 Å². The molecule has 1 aliphatic carbocycles. The standard InChI is InChI=1S/C21H25NO6/c1-22(2)10-11-27-21(23)18-14-12-16(24-3)19(25-4)20(26-5)17(14)13-8-6-7-9-15(13)28-18/h6-9,12,15H,10-11H2,1-5H3. The molecule has 0 aromatic heterocycles. The highest BCUT2D eigenvalue weighted by Crippen LogP contribution is 2.35. The third-order valence-corrected chi connectivity index (χ3v) is 4.54. The van der Waals surface area contributed by atoms with Crippen molar-refractivity contribution in [2.24, 2.45) is 0 Å². The molecule has 1 heterocycles. The molecular formula is C21H25NO6. The summed E-state index contributed by atoms with van der Waals surface area (Å²) in [6.45, 7) is 0.875. The van der Waals surface area contributed by atoms with Crippen LogP contribution in [0.3, 0.4) is 0 Å². The van der Waals surface area contributed by atoms with Crippen molar-refractivity contribution in [1.29, 1.82) is 0 Å². The van der Waals surface area contributed by atoms with Crippen LogP contribution in [0.25, 0.3) is 11.3 Å². The molecule has 0 radical (unpaired) electrons. The van der Waals surface area contributed by atoms with Crippen LogP contribution >= 0.6 is 0 Å². The molecule has 150 valence electrons. The Hall–Kier alpha value is -2.93. The van der Waals surface area contributed by atoms with Crippen LogP contribution in [-0.4, -0.2) is 65.5 Å². The third-order valence-electron chi connectivity index (χ3n) is 4.54. The summed E-state index contributed by atoms with van der Waals surface area (Å²) >= 11 is 0. The van der Waals surface area contributed by atoms with E-state index in [1.54, 1.807) is 20.3 Å². The number of allylic oxidation sites excluding steroid dienone is 2. The van der Waals surface area contributed by atoms with Gasteiger partial charge in [-0.15, -0.1) is 0 Å². The zero-order chi connectivity index (χ0) is 20.3. The molecule has 0 saturated heterocycles. The van der Waals surface area contributed by atoms with Crippen molar-refractivity contribution in [3.05, 3.63) is 40.8 Å². The molecule has 0 amide bonds. The fraction of sp³-hybridized carbons (Fsp3) is 0.381. The minimum absolute atomic E-state index is 0.127. The molecule has 7 nitrogen and oxygen atoms in total. The number of nitrogens with zero attached hydrogens (tertiary/aromatic N) is 1. The van der Waals surface area contributed by atoms with Crippen LogP contribution in [0.15, 0.2) is 30.4 Å². The van der Waals surface area contributed by atoms with Gasteiger partial charge in [-0.25, -0.2) is 4.79 Å². The van der Waals surface area contributed by atoms with Crippen LogP contribution in [0.4, 0.5) is 0 Å². The van der Waals surface area contributed by atoms with Gasteiger partial charge in [0.15, 0.2) is 11.5 Å². The van der Waals surface area contributed by atoms with Crippen LogP contribution in [0, 0.1) is 0 Å². The van der Waals surface area contributed by atoms with E-state index in [0.29, 0.717) is 29.0 Å². The molecule has 7 heteroatoms. The molecule has 1 aromatic carbocycles. The van der Waals surface area contributed by atoms with Gasteiger partial charge in [-0.3, -0.25) is 0 Å². The van der Waals surface area contributed by atoms with E-state index in [2.05, 4.69) is 0 Å². The minimum Gasteiger partial charge on any atom is -0.493 e. The minimum atomic E-state index is -0.528. The normalized spacial score (nSPS) is 17.0. The molecule has 1 aliphatic heterocycles. The van der Waals surface area contributed by atoms with Crippen LogP contribution in [0.2, 0.25) is 0 Å². The predicted molar refractivity (Wildman–Crippen MR) is 105 cm³/mol. The van der Waals surface area contributed by atoms with Crippen molar-refractivity contribution in [2.45, 2.75) is 6.10 Å². The number of benzene rings is 1. The van der Waals surface area contributed by atoms with E-state index in [9.17, 15) is 4.79 Å². The third kappa shape index (κ3) is 3.57. The van der Waals surface area contributed by atoms with E-state index in [0.717, 1.165) is 10.8 Å². The van der Waals surface area contributed by atoms with Crippen LogP contribution < -0.4 is 24.6 Å². The molecule has 0 bridgehead atoms. The summed E-state index contributed by atoms with van der Waals surface area (Å²) in [6, 6.07) is 1.72. The van der Waals surface area contributed by atoms with Crippen LogP contribution in [0.5, 0.6) is 17.2 Å². The van der Waals surface area contributed by atoms with E-state index in [1.807, 2.05) is 43.3 Å². The first-order valence-corrected chi connectivity index (χ1v) is 8.92. The Morgan fingerprint density at radius 1 is 1.11 bits per heavy atom. The fourth-order valence-corrected chi connectivity index (χ4v) is 3.21. The van der Waals surface area contributed by atoms with Gasteiger partial charge < -0.3 is 28.6 Å². The van der Waals surface area contributed by atoms with Gasteiger partial charge in [-0.05, 0) is 26.2 Å². The Bertz CT molecular complexity index is 945. The molecule has 1 unspecified atom stereocenters. The Kier molecular flexibility index (Phi) is 5.94. The fourth-order valence-electron chi connectivity index (χ4n) is 3.21. The van der Waals surface area contributed by atoms with Crippen molar-refractivity contribution >= 4 is 17.3 Å². The van der Waals surface area contributed by atoms with Crippen LogP contribution in [0.1, 0.15) is 0 Å². The summed E-state index contributed by atoms with van der Waals surface area (Å²) in [7, 11) is 8.46. The molecule has 1 aromatic rings. The van der Waals surface area contributed by atoms with E-state index in [1.165, 1.54) is 7.11 Å². The van der Waals surface area contributed by atoms with Gasteiger partial charge in [0.25, 0.3) is 0 Å². The van der Waals surface area contributed by atoms with Gasteiger partial charge in [0.2, 0.25) is 11.5 Å². The largest absolute Gasteiger partial charge is 0.493 e. The van der Waals surface area contributed by atoms with Crippen molar-refractivity contribution < 1.29 is 28.5 Å². The molecule has 0 spiro atoms.